The van der Waals surface area contributed by atoms with Crippen molar-refractivity contribution in [2.75, 3.05) is 13.2 Å². The van der Waals surface area contributed by atoms with Crippen molar-refractivity contribution >= 4 is 17.1 Å². The predicted molar refractivity (Wildman–Crippen MR) is 123 cm³/mol. The summed E-state index contributed by atoms with van der Waals surface area (Å²) in [5, 5.41) is 0. The first-order chi connectivity index (χ1) is 12.9. The molecule has 0 N–H and O–H groups in total. The Bertz CT molecular complexity index is 345. The minimum atomic E-state index is -2.41. The molecule has 0 radical (unpaired) electrons. The van der Waals surface area contributed by atoms with Crippen LogP contribution in [0.15, 0.2) is 24.6 Å². The number of hydrogen-bond donors (Lipinski definition) is 0. The molecular weight excluding hydrogens is 368 g/mol. The fourth-order valence-corrected chi connectivity index (χ4v) is 8.67. The topological polar surface area (TPSA) is 27.7 Å². The minimum absolute atomic E-state index is 0.750. The van der Waals surface area contributed by atoms with Gasteiger partial charge in [-0.15, -0.1) is 13.2 Å². The lowest BCUT2D eigenvalue weighted by atomic mass is 10.1. The third-order valence-electron chi connectivity index (χ3n) is 4.92. The quantitative estimate of drug-likeness (QED) is 0.154. The van der Waals surface area contributed by atoms with Gasteiger partial charge >= 0.3 is 17.1 Å². The molecule has 0 rings (SSSR count). The van der Waals surface area contributed by atoms with Crippen molar-refractivity contribution in [3.63, 3.8) is 0 Å². The first-order valence-electron chi connectivity index (χ1n) is 11.2. The summed E-state index contributed by atoms with van der Waals surface area (Å²) in [4.78, 5) is 0. The van der Waals surface area contributed by atoms with Gasteiger partial charge in [0.15, 0.2) is 0 Å². The Morgan fingerprint density at radius 3 is 1.26 bits per heavy atom. The molecular formula is C22H46O3Si2. The predicted octanol–water partition coefficient (Wildman–Crippen LogP) is 7.35. The zero-order valence-electron chi connectivity index (χ0n) is 18.7. The van der Waals surface area contributed by atoms with E-state index in [0.717, 1.165) is 26.1 Å². The van der Waals surface area contributed by atoms with Crippen LogP contribution < -0.4 is 0 Å². The highest BCUT2D eigenvalue weighted by Crippen LogP contribution is 2.20. The minimum Gasteiger partial charge on any atom is -0.409 e. The summed E-state index contributed by atoms with van der Waals surface area (Å²) in [6.45, 7) is 18.1. The van der Waals surface area contributed by atoms with E-state index in [2.05, 4.69) is 40.1 Å². The van der Waals surface area contributed by atoms with E-state index in [-0.39, 0.29) is 0 Å². The first kappa shape index (κ1) is 26.8. The van der Waals surface area contributed by atoms with Crippen molar-refractivity contribution in [3.8, 4) is 0 Å². The third kappa shape index (κ3) is 14.4. The van der Waals surface area contributed by atoms with Gasteiger partial charge in [-0.1, -0.05) is 89.5 Å². The van der Waals surface area contributed by atoms with Gasteiger partial charge in [0.25, 0.3) is 0 Å². The molecule has 0 bridgehead atoms. The zero-order chi connectivity index (χ0) is 20.4. The molecule has 0 spiro atoms. The average Bonchev–Trinajstić information content (AvgIpc) is 2.66. The summed E-state index contributed by atoms with van der Waals surface area (Å²) in [5.74, 6) is 0. The summed E-state index contributed by atoms with van der Waals surface area (Å²) in [6.07, 6.45) is 15.1. The van der Waals surface area contributed by atoms with Crippen LogP contribution in [0.3, 0.4) is 0 Å². The summed E-state index contributed by atoms with van der Waals surface area (Å²) in [5.41, 5.74) is 3.76. The largest absolute Gasteiger partial charge is 0.409 e. The summed E-state index contributed by atoms with van der Waals surface area (Å²) in [6, 6.07) is 0. The fraction of sp³-hybridized carbons (Fsp3) is 0.818. The number of rotatable bonds is 20. The summed E-state index contributed by atoms with van der Waals surface area (Å²) >= 11 is 0. The highest BCUT2D eigenvalue weighted by Gasteiger charge is 2.39. The van der Waals surface area contributed by atoms with Crippen LogP contribution in [-0.2, 0) is 13.0 Å². The van der Waals surface area contributed by atoms with Crippen molar-refractivity contribution in [1.82, 2.24) is 0 Å². The molecule has 0 aliphatic heterocycles. The molecule has 2 atom stereocenters. The lowest BCUT2D eigenvalue weighted by Gasteiger charge is -2.33. The molecule has 0 amide bonds. The molecule has 0 aromatic carbocycles. The van der Waals surface area contributed by atoms with Gasteiger partial charge in [-0.25, -0.2) is 0 Å². The molecule has 0 aliphatic carbocycles. The Morgan fingerprint density at radius 2 is 0.926 bits per heavy atom. The van der Waals surface area contributed by atoms with E-state index in [0.29, 0.717) is 0 Å². The Kier molecular flexibility index (Phi) is 16.6. The molecule has 0 heterocycles. The highest BCUT2D eigenvalue weighted by molar-refractivity contribution is 6.84. The Hall–Kier alpha value is -0.206. The van der Waals surface area contributed by atoms with Crippen LogP contribution in [0, 0.1) is 0 Å². The van der Waals surface area contributed by atoms with E-state index in [1.165, 1.54) is 64.2 Å². The van der Waals surface area contributed by atoms with E-state index in [1.54, 1.807) is 0 Å². The molecule has 27 heavy (non-hydrogen) atoms. The molecule has 0 aromatic heterocycles. The summed E-state index contributed by atoms with van der Waals surface area (Å²) < 4.78 is 18.7. The van der Waals surface area contributed by atoms with Crippen molar-refractivity contribution < 1.29 is 13.0 Å². The van der Waals surface area contributed by atoms with Gasteiger partial charge in [-0.2, -0.15) is 0 Å². The SMILES string of the molecule is C=C[Si](C)(OCCCCCCCC)O[Si](C)(C=C)OCCCCCCCC. The molecule has 2 unspecified atom stereocenters. The van der Waals surface area contributed by atoms with Gasteiger partial charge < -0.3 is 13.0 Å². The second-order valence-corrected chi connectivity index (χ2v) is 14.0. The van der Waals surface area contributed by atoms with Crippen LogP contribution in [-0.4, -0.2) is 30.3 Å². The number of unbranched alkanes of at least 4 members (excludes halogenated alkanes) is 10. The van der Waals surface area contributed by atoms with E-state index in [9.17, 15) is 0 Å². The van der Waals surface area contributed by atoms with Gasteiger partial charge in [-0.05, 0) is 25.9 Å². The maximum atomic E-state index is 6.41. The normalized spacial score (nSPS) is 15.9. The fourth-order valence-electron chi connectivity index (χ4n) is 2.98. The highest BCUT2D eigenvalue weighted by atomic mass is 28.5. The van der Waals surface area contributed by atoms with Crippen molar-refractivity contribution in [2.45, 2.75) is 104 Å². The van der Waals surface area contributed by atoms with Gasteiger partial charge in [0.05, 0.1) is 0 Å². The number of hydrogen-bond acceptors (Lipinski definition) is 3. The molecule has 0 saturated carbocycles. The zero-order valence-corrected chi connectivity index (χ0v) is 20.7. The van der Waals surface area contributed by atoms with Crippen molar-refractivity contribution in [2.24, 2.45) is 0 Å². The van der Waals surface area contributed by atoms with E-state index in [4.69, 9.17) is 13.0 Å². The van der Waals surface area contributed by atoms with Gasteiger partial charge in [0.2, 0.25) is 0 Å². The molecule has 0 fully saturated rings. The lowest BCUT2D eigenvalue weighted by molar-refractivity contribution is 0.196. The van der Waals surface area contributed by atoms with Gasteiger partial charge in [0.1, 0.15) is 0 Å². The van der Waals surface area contributed by atoms with E-state index >= 15 is 0 Å². The Labute approximate surface area is 172 Å². The second-order valence-electron chi connectivity index (χ2n) is 7.77. The average molecular weight is 415 g/mol. The van der Waals surface area contributed by atoms with Gasteiger partial charge in [0, 0.05) is 13.2 Å². The monoisotopic (exact) mass is 414 g/mol. The first-order valence-corrected chi connectivity index (χ1v) is 16.0. The van der Waals surface area contributed by atoms with Crippen molar-refractivity contribution in [1.29, 1.82) is 0 Å². The van der Waals surface area contributed by atoms with Crippen LogP contribution in [0.1, 0.15) is 90.9 Å². The Morgan fingerprint density at radius 1 is 0.593 bits per heavy atom. The lowest BCUT2D eigenvalue weighted by Crippen LogP contribution is -2.50. The van der Waals surface area contributed by atoms with Crippen LogP contribution in [0.2, 0.25) is 13.1 Å². The van der Waals surface area contributed by atoms with E-state index in [1.807, 2.05) is 11.4 Å². The van der Waals surface area contributed by atoms with Crippen LogP contribution in [0.4, 0.5) is 0 Å². The molecule has 0 aromatic rings. The molecule has 0 saturated heterocycles. The molecule has 3 nitrogen and oxygen atoms in total. The molecule has 5 heteroatoms. The second kappa shape index (κ2) is 16.7. The van der Waals surface area contributed by atoms with Gasteiger partial charge in [-0.3, -0.25) is 0 Å². The van der Waals surface area contributed by atoms with Crippen molar-refractivity contribution in [3.05, 3.63) is 24.6 Å². The maximum Gasteiger partial charge on any atom is 0.352 e. The third-order valence-corrected chi connectivity index (χ3v) is 11.2. The van der Waals surface area contributed by atoms with E-state index < -0.39 is 17.1 Å². The summed E-state index contributed by atoms with van der Waals surface area (Å²) in [7, 11) is -4.82. The molecule has 160 valence electrons. The molecule has 0 aliphatic rings. The Balaban J connectivity index is 4.17. The van der Waals surface area contributed by atoms with Crippen LogP contribution in [0.5, 0.6) is 0 Å². The van der Waals surface area contributed by atoms with Crippen LogP contribution >= 0.6 is 0 Å². The van der Waals surface area contributed by atoms with Crippen LogP contribution in [0.25, 0.3) is 0 Å². The standard InChI is InChI=1S/C22H46O3Si2/c1-7-11-13-15-17-19-21-23-26(5,9-3)25-27(6,10-4)24-22-20-18-16-14-12-8-2/h9-10H,3-4,7-8,11-22H2,1-2,5-6H3. The smallest absolute Gasteiger partial charge is 0.352 e. The maximum absolute atomic E-state index is 6.41.